The zero-order valence-corrected chi connectivity index (χ0v) is 20.6. The number of para-hydroxylation sites is 1. The molecule has 3 rings (SSSR count). The van der Waals surface area contributed by atoms with Crippen LogP contribution in [0.4, 0.5) is 17.2 Å². The molecule has 0 unspecified atom stereocenters. The standard InChI is InChI=1S/C24H26ClN4O3P/c1-6-23(30)27-19-12-16(20(32-3)11-15(19)2)13-22-26-14-17(25)24(29-22)28-18-9-7-8-10-21(18)33(4,5)31/h6-12,14H,1,13H2,2-5H3,(H,27,30)(H,26,28,29). The summed E-state index contributed by atoms with van der Waals surface area (Å²) in [6.07, 6.45) is 3.08. The van der Waals surface area contributed by atoms with Crippen LogP contribution in [0.3, 0.4) is 0 Å². The molecule has 0 bridgehead atoms. The minimum Gasteiger partial charge on any atom is -0.496 e. The maximum atomic E-state index is 12.7. The number of rotatable bonds is 8. The third kappa shape index (κ3) is 6.01. The molecule has 0 saturated carbocycles. The summed E-state index contributed by atoms with van der Waals surface area (Å²) in [5.74, 6) is 1.26. The highest BCUT2D eigenvalue weighted by Crippen LogP contribution is 2.38. The highest BCUT2D eigenvalue weighted by molar-refractivity contribution is 7.70. The molecule has 9 heteroatoms. The van der Waals surface area contributed by atoms with E-state index < -0.39 is 7.14 Å². The fourth-order valence-corrected chi connectivity index (χ4v) is 4.59. The predicted molar refractivity (Wildman–Crippen MR) is 135 cm³/mol. The van der Waals surface area contributed by atoms with Crippen molar-refractivity contribution in [3.63, 3.8) is 0 Å². The molecule has 1 aromatic heterocycles. The lowest BCUT2D eigenvalue weighted by Gasteiger charge is -2.16. The molecule has 0 fully saturated rings. The molecule has 0 aliphatic rings. The van der Waals surface area contributed by atoms with E-state index in [-0.39, 0.29) is 5.91 Å². The summed E-state index contributed by atoms with van der Waals surface area (Å²) in [4.78, 5) is 20.7. The lowest BCUT2D eigenvalue weighted by molar-refractivity contribution is -0.111. The van der Waals surface area contributed by atoms with E-state index in [1.807, 2.05) is 43.3 Å². The Labute approximate surface area is 198 Å². The van der Waals surface area contributed by atoms with Gasteiger partial charge in [0.2, 0.25) is 5.91 Å². The maximum absolute atomic E-state index is 12.7. The van der Waals surface area contributed by atoms with E-state index in [9.17, 15) is 9.36 Å². The van der Waals surface area contributed by atoms with Gasteiger partial charge in [-0.1, -0.05) is 30.3 Å². The smallest absolute Gasteiger partial charge is 0.247 e. The number of aromatic nitrogens is 2. The summed E-state index contributed by atoms with van der Waals surface area (Å²) < 4.78 is 18.2. The first kappa shape index (κ1) is 24.5. The average molecular weight is 485 g/mol. The van der Waals surface area contributed by atoms with Crippen LogP contribution in [-0.4, -0.2) is 36.3 Å². The zero-order chi connectivity index (χ0) is 24.2. The average Bonchev–Trinajstić information content (AvgIpc) is 2.77. The second-order valence-corrected chi connectivity index (χ2v) is 11.4. The highest BCUT2D eigenvalue weighted by atomic mass is 35.5. The van der Waals surface area contributed by atoms with E-state index in [2.05, 4.69) is 27.2 Å². The summed E-state index contributed by atoms with van der Waals surface area (Å²) in [6.45, 7) is 8.80. The molecule has 3 aromatic rings. The van der Waals surface area contributed by atoms with Gasteiger partial charge in [-0.2, -0.15) is 0 Å². The molecule has 0 saturated heterocycles. The van der Waals surface area contributed by atoms with Crippen molar-refractivity contribution in [1.82, 2.24) is 9.97 Å². The topological polar surface area (TPSA) is 93.2 Å². The van der Waals surface area contributed by atoms with Crippen molar-refractivity contribution in [3.8, 4) is 5.75 Å². The number of hydrogen-bond donors (Lipinski definition) is 2. The van der Waals surface area contributed by atoms with E-state index in [1.54, 1.807) is 20.4 Å². The van der Waals surface area contributed by atoms with Crippen LogP contribution in [-0.2, 0) is 15.8 Å². The summed E-state index contributed by atoms with van der Waals surface area (Å²) in [5, 5.41) is 7.05. The number of nitrogens with zero attached hydrogens (tertiary/aromatic N) is 2. The fourth-order valence-electron chi connectivity index (χ4n) is 3.30. The second kappa shape index (κ2) is 10.2. The molecule has 0 aliphatic carbocycles. The van der Waals surface area contributed by atoms with E-state index in [4.69, 9.17) is 16.3 Å². The first-order chi connectivity index (χ1) is 15.6. The third-order valence-corrected chi connectivity index (χ3v) is 6.78. The molecule has 1 amide bonds. The van der Waals surface area contributed by atoms with Gasteiger partial charge in [-0.25, -0.2) is 9.97 Å². The Bertz CT molecular complexity index is 1260. The molecule has 1 heterocycles. The molecular weight excluding hydrogens is 459 g/mol. The van der Waals surface area contributed by atoms with Gasteiger partial charge in [-0.3, -0.25) is 4.79 Å². The number of halogens is 1. The second-order valence-electron chi connectivity index (χ2n) is 7.82. The van der Waals surface area contributed by atoms with Gasteiger partial charge in [0, 0.05) is 23.0 Å². The van der Waals surface area contributed by atoms with Gasteiger partial charge < -0.3 is 19.9 Å². The molecule has 2 aromatic carbocycles. The lowest BCUT2D eigenvalue weighted by atomic mass is 10.1. The molecule has 0 spiro atoms. The van der Waals surface area contributed by atoms with Gasteiger partial charge in [-0.05, 0) is 56.2 Å². The number of nitrogens with one attached hydrogen (secondary N) is 2. The number of anilines is 3. The maximum Gasteiger partial charge on any atom is 0.247 e. The number of amides is 1. The van der Waals surface area contributed by atoms with Crippen molar-refractivity contribution >= 4 is 47.1 Å². The van der Waals surface area contributed by atoms with Crippen LogP contribution in [0.2, 0.25) is 5.02 Å². The van der Waals surface area contributed by atoms with Gasteiger partial charge in [0.15, 0.2) is 5.82 Å². The van der Waals surface area contributed by atoms with Crippen molar-refractivity contribution in [2.45, 2.75) is 13.3 Å². The Kier molecular flexibility index (Phi) is 7.57. The van der Waals surface area contributed by atoms with Crippen LogP contribution in [0.5, 0.6) is 5.75 Å². The van der Waals surface area contributed by atoms with Crippen LogP contribution >= 0.6 is 18.7 Å². The van der Waals surface area contributed by atoms with Gasteiger partial charge in [0.1, 0.15) is 23.7 Å². The Hall–Kier alpha value is -3.15. The molecule has 33 heavy (non-hydrogen) atoms. The summed E-state index contributed by atoms with van der Waals surface area (Å²) >= 11 is 6.36. The summed E-state index contributed by atoms with van der Waals surface area (Å²) in [5.41, 5.74) is 2.98. The van der Waals surface area contributed by atoms with Crippen LogP contribution in [0.1, 0.15) is 17.0 Å². The van der Waals surface area contributed by atoms with Gasteiger partial charge in [-0.15, -0.1) is 0 Å². The van der Waals surface area contributed by atoms with Crippen molar-refractivity contribution in [2.75, 3.05) is 31.1 Å². The Morgan fingerprint density at radius 2 is 1.97 bits per heavy atom. The highest BCUT2D eigenvalue weighted by Gasteiger charge is 2.18. The minimum absolute atomic E-state index is 0.300. The monoisotopic (exact) mass is 484 g/mol. The van der Waals surface area contributed by atoms with Crippen molar-refractivity contribution in [3.05, 3.63) is 77.2 Å². The van der Waals surface area contributed by atoms with Gasteiger partial charge >= 0.3 is 0 Å². The Morgan fingerprint density at radius 1 is 1.24 bits per heavy atom. The number of carbonyl (C=O) groups is 1. The van der Waals surface area contributed by atoms with E-state index in [1.165, 1.54) is 12.3 Å². The molecule has 0 aliphatic heterocycles. The summed E-state index contributed by atoms with van der Waals surface area (Å²) in [6, 6.07) is 11.0. The third-order valence-electron chi connectivity index (χ3n) is 4.95. The number of methoxy groups -OCH3 is 1. The van der Waals surface area contributed by atoms with Gasteiger partial charge in [0.25, 0.3) is 0 Å². The first-order valence-corrected chi connectivity index (χ1v) is 13.1. The van der Waals surface area contributed by atoms with Crippen molar-refractivity contribution in [1.29, 1.82) is 0 Å². The molecular formula is C24H26ClN4O3P. The SMILES string of the molecule is C=CC(=O)Nc1cc(Cc2ncc(Cl)c(Nc3ccccc3P(C)(C)=O)n2)c(OC)cc1C. The molecule has 0 atom stereocenters. The number of benzene rings is 2. The molecule has 0 radical (unpaired) electrons. The van der Waals surface area contributed by atoms with E-state index in [0.29, 0.717) is 45.5 Å². The van der Waals surface area contributed by atoms with Crippen LogP contribution in [0.25, 0.3) is 0 Å². The number of aryl methyl sites for hydroxylation is 1. The predicted octanol–water partition coefficient (Wildman–Crippen LogP) is 5.15. The number of carbonyl (C=O) groups excluding carboxylic acids is 1. The van der Waals surface area contributed by atoms with Crippen LogP contribution < -0.4 is 20.7 Å². The molecule has 7 nitrogen and oxygen atoms in total. The van der Waals surface area contributed by atoms with Crippen molar-refractivity contribution in [2.24, 2.45) is 0 Å². The molecule has 2 N–H and O–H groups in total. The van der Waals surface area contributed by atoms with E-state index in [0.717, 1.165) is 11.1 Å². The molecule has 172 valence electrons. The summed E-state index contributed by atoms with van der Waals surface area (Å²) in [7, 11) is -0.933. The van der Waals surface area contributed by atoms with Crippen molar-refractivity contribution < 1.29 is 14.1 Å². The lowest BCUT2D eigenvalue weighted by Crippen LogP contribution is -2.11. The first-order valence-electron chi connectivity index (χ1n) is 10.2. The Balaban J connectivity index is 1.95. The van der Waals surface area contributed by atoms with Crippen LogP contribution in [0, 0.1) is 6.92 Å². The Morgan fingerprint density at radius 3 is 2.64 bits per heavy atom. The van der Waals surface area contributed by atoms with Crippen LogP contribution in [0.15, 0.2) is 55.3 Å². The minimum atomic E-state index is -2.52. The number of ether oxygens (including phenoxy) is 1. The largest absolute Gasteiger partial charge is 0.496 e. The normalized spacial score (nSPS) is 11.1. The fraction of sp³-hybridized carbons (Fsp3) is 0.208. The zero-order valence-electron chi connectivity index (χ0n) is 19.0. The number of hydrogen-bond acceptors (Lipinski definition) is 6. The van der Waals surface area contributed by atoms with E-state index >= 15 is 0 Å². The quantitative estimate of drug-likeness (QED) is 0.339. The van der Waals surface area contributed by atoms with Gasteiger partial charge in [0.05, 0.1) is 19.0 Å².